The molecule has 0 spiro atoms. The molecular formula is C26H30N2O6. The van der Waals surface area contributed by atoms with E-state index in [2.05, 4.69) is 5.32 Å². The van der Waals surface area contributed by atoms with Crippen LogP contribution in [0.2, 0.25) is 0 Å². The quantitative estimate of drug-likeness (QED) is 0.571. The van der Waals surface area contributed by atoms with E-state index in [0.717, 1.165) is 25.0 Å². The van der Waals surface area contributed by atoms with Crippen LogP contribution in [0.5, 0.6) is 5.75 Å². The van der Waals surface area contributed by atoms with E-state index in [9.17, 15) is 14.4 Å². The molecule has 8 heteroatoms. The van der Waals surface area contributed by atoms with Crippen molar-refractivity contribution in [3.05, 3.63) is 65.7 Å². The second kappa shape index (κ2) is 11.7. The highest BCUT2D eigenvalue weighted by molar-refractivity contribution is 5.99. The van der Waals surface area contributed by atoms with E-state index in [1.54, 1.807) is 24.3 Å². The van der Waals surface area contributed by atoms with Crippen LogP contribution in [-0.2, 0) is 25.5 Å². The number of hydrogen-bond donors (Lipinski definition) is 1. The SMILES string of the molecule is O=C(CC1C(=O)NCCN1C(=O)c1ccc(OCC2CCCO2)cc1)OCCc1ccccc1. The molecule has 1 N–H and O–H groups in total. The fraction of sp³-hybridized carbons (Fsp3) is 0.423. The predicted octanol–water partition coefficient (Wildman–Crippen LogP) is 2.36. The fourth-order valence-electron chi connectivity index (χ4n) is 4.13. The maximum atomic E-state index is 13.1. The van der Waals surface area contributed by atoms with Gasteiger partial charge >= 0.3 is 5.97 Å². The molecule has 0 radical (unpaired) electrons. The first kappa shape index (κ1) is 23.8. The highest BCUT2D eigenvalue weighted by Crippen LogP contribution is 2.19. The lowest BCUT2D eigenvalue weighted by Gasteiger charge is -2.34. The Morgan fingerprint density at radius 3 is 2.62 bits per heavy atom. The van der Waals surface area contributed by atoms with E-state index in [0.29, 0.717) is 37.4 Å². The number of hydrogen-bond acceptors (Lipinski definition) is 6. The standard InChI is InChI=1S/C26H30N2O6/c29-24(33-16-12-19-5-2-1-3-6-19)17-23-25(30)27-13-14-28(23)26(31)20-8-10-21(11-9-20)34-18-22-7-4-15-32-22/h1-3,5-6,8-11,22-23H,4,7,12-18H2,(H,27,30). The number of nitrogens with one attached hydrogen (secondary N) is 1. The van der Waals surface area contributed by atoms with Crippen molar-refractivity contribution in [3.63, 3.8) is 0 Å². The van der Waals surface area contributed by atoms with Gasteiger partial charge in [-0.05, 0) is 42.7 Å². The summed E-state index contributed by atoms with van der Waals surface area (Å²) in [6, 6.07) is 15.6. The van der Waals surface area contributed by atoms with Crippen molar-refractivity contribution in [1.82, 2.24) is 10.2 Å². The van der Waals surface area contributed by atoms with Crippen molar-refractivity contribution in [2.24, 2.45) is 0 Å². The molecule has 2 unspecified atom stereocenters. The molecule has 0 bridgehead atoms. The average Bonchev–Trinajstić information content (AvgIpc) is 3.38. The monoisotopic (exact) mass is 466 g/mol. The van der Waals surface area contributed by atoms with Gasteiger partial charge in [0, 0.05) is 31.7 Å². The molecule has 180 valence electrons. The lowest BCUT2D eigenvalue weighted by atomic mass is 10.1. The fourth-order valence-corrected chi connectivity index (χ4v) is 4.13. The number of rotatable bonds is 9. The third-order valence-corrected chi connectivity index (χ3v) is 6.01. The van der Waals surface area contributed by atoms with Crippen LogP contribution >= 0.6 is 0 Å². The van der Waals surface area contributed by atoms with Crippen LogP contribution in [0.25, 0.3) is 0 Å². The molecule has 4 rings (SSSR count). The summed E-state index contributed by atoms with van der Waals surface area (Å²) in [6.07, 6.45) is 2.56. The molecule has 8 nitrogen and oxygen atoms in total. The highest BCUT2D eigenvalue weighted by Gasteiger charge is 2.35. The highest BCUT2D eigenvalue weighted by atomic mass is 16.5. The summed E-state index contributed by atoms with van der Waals surface area (Å²) >= 11 is 0. The Kier molecular flexibility index (Phi) is 8.14. The van der Waals surface area contributed by atoms with E-state index < -0.39 is 12.0 Å². The van der Waals surface area contributed by atoms with Crippen molar-refractivity contribution in [2.75, 3.05) is 32.9 Å². The maximum absolute atomic E-state index is 13.1. The van der Waals surface area contributed by atoms with E-state index in [1.807, 2.05) is 30.3 Å². The van der Waals surface area contributed by atoms with Gasteiger partial charge in [0.1, 0.15) is 18.4 Å². The zero-order valence-corrected chi connectivity index (χ0v) is 19.1. The van der Waals surface area contributed by atoms with Crippen molar-refractivity contribution >= 4 is 17.8 Å². The Balaban J connectivity index is 1.31. The van der Waals surface area contributed by atoms with Gasteiger partial charge in [0.05, 0.1) is 19.1 Å². The molecular weight excluding hydrogens is 436 g/mol. The average molecular weight is 467 g/mol. The van der Waals surface area contributed by atoms with Crippen LogP contribution in [-0.4, -0.2) is 67.7 Å². The number of carbonyl (C=O) groups is 3. The third kappa shape index (κ3) is 6.35. The van der Waals surface area contributed by atoms with Gasteiger partial charge in [0.15, 0.2) is 0 Å². The smallest absolute Gasteiger partial charge is 0.308 e. The van der Waals surface area contributed by atoms with Gasteiger partial charge in [0.2, 0.25) is 5.91 Å². The number of piperazine rings is 1. The summed E-state index contributed by atoms with van der Waals surface area (Å²) in [6.45, 7) is 2.13. The first-order chi connectivity index (χ1) is 16.6. The molecule has 2 aromatic carbocycles. The molecule has 2 aliphatic rings. The summed E-state index contributed by atoms with van der Waals surface area (Å²) in [5.41, 5.74) is 1.49. The number of benzene rings is 2. The van der Waals surface area contributed by atoms with Crippen molar-refractivity contribution in [1.29, 1.82) is 0 Å². The lowest BCUT2D eigenvalue weighted by molar-refractivity contribution is -0.147. The van der Waals surface area contributed by atoms with Crippen molar-refractivity contribution in [2.45, 2.75) is 37.8 Å². The molecule has 0 aliphatic carbocycles. The topological polar surface area (TPSA) is 94.2 Å². The molecule has 2 aromatic rings. The van der Waals surface area contributed by atoms with Gasteiger partial charge in [-0.1, -0.05) is 30.3 Å². The van der Waals surface area contributed by atoms with Gasteiger partial charge in [-0.15, -0.1) is 0 Å². The normalized spacial score (nSPS) is 20.0. The molecule has 0 saturated carbocycles. The van der Waals surface area contributed by atoms with Crippen molar-refractivity contribution < 1.29 is 28.6 Å². The summed E-state index contributed by atoms with van der Waals surface area (Å²) in [5, 5.41) is 2.74. The largest absolute Gasteiger partial charge is 0.491 e. The van der Waals surface area contributed by atoms with Gasteiger partial charge in [0.25, 0.3) is 5.91 Å². The molecule has 2 saturated heterocycles. The molecule has 2 heterocycles. The predicted molar refractivity (Wildman–Crippen MR) is 124 cm³/mol. The van der Waals surface area contributed by atoms with Crippen LogP contribution in [0.1, 0.15) is 35.2 Å². The third-order valence-electron chi connectivity index (χ3n) is 6.01. The molecule has 2 atom stereocenters. The first-order valence-electron chi connectivity index (χ1n) is 11.7. The van der Waals surface area contributed by atoms with Crippen LogP contribution in [0.15, 0.2) is 54.6 Å². The van der Waals surface area contributed by atoms with Crippen molar-refractivity contribution in [3.8, 4) is 5.75 Å². The minimum Gasteiger partial charge on any atom is -0.491 e. The van der Waals surface area contributed by atoms with E-state index in [1.165, 1.54) is 4.90 Å². The summed E-state index contributed by atoms with van der Waals surface area (Å²) in [5.74, 6) is -0.505. The number of carbonyl (C=O) groups excluding carboxylic acids is 3. The molecule has 2 fully saturated rings. The summed E-state index contributed by atoms with van der Waals surface area (Å²) in [7, 11) is 0. The lowest BCUT2D eigenvalue weighted by Crippen LogP contribution is -2.57. The maximum Gasteiger partial charge on any atom is 0.308 e. The Morgan fingerprint density at radius 1 is 1.09 bits per heavy atom. The van der Waals surface area contributed by atoms with Gasteiger partial charge in [-0.3, -0.25) is 14.4 Å². The van der Waals surface area contributed by atoms with Crippen LogP contribution < -0.4 is 10.1 Å². The summed E-state index contributed by atoms with van der Waals surface area (Å²) in [4.78, 5) is 39.5. The van der Waals surface area contributed by atoms with Crippen LogP contribution in [0.3, 0.4) is 0 Å². The number of ether oxygens (including phenoxy) is 3. The number of nitrogens with zero attached hydrogens (tertiary/aromatic N) is 1. The second-order valence-electron chi connectivity index (χ2n) is 8.44. The number of amides is 2. The zero-order chi connectivity index (χ0) is 23.8. The first-order valence-corrected chi connectivity index (χ1v) is 11.7. The van der Waals surface area contributed by atoms with Gasteiger partial charge in [-0.25, -0.2) is 0 Å². The zero-order valence-electron chi connectivity index (χ0n) is 19.1. The van der Waals surface area contributed by atoms with E-state index in [4.69, 9.17) is 14.2 Å². The van der Waals surface area contributed by atoms with E-state index in [-0.39, 0.29) is 30.9 Å². The Labute approximate surface area is 199 Å². The minimum absolute atomic E-state index is 0.112. The van der Waals surface area contributed by atoms with Crippen LogP contribution in [0, 0.1) is 0 Å². The number of esters is 1. The second-order valence-corrected chi connectivity index (χ2v) is 8.44. The molecule has 2 amide bonds. The Bertz CT molecular complexity index is 973. The molecule has 0 aromatic heterocycles. The van der Waals surface area contributed by atoms with Gasteiger partial charge < -0.3 is 24.4 Å². The van der Waals surface area contributed by atoms with Gasteiger partial charge in [-0.2, -0.15) is 0 Å². The molecule has 2 aliphatic heterocycles. The summed E-state index contributed by atoms with van der Waals surface area (Å²) < 4.78 is 16.6. The Hall–Kier alpha value is -3.39. The molecule has 34 heavy (non-hydrogen) atoms. The Morgan fingerprint density at radius 2 is 1.88 bits per heavy atom. The van der Waals surface area contributed by atoms with E-state index >= 15 is 0 Å². The van der Waals surface area contributed by atoms with Crippen LogP contribution in [0.4, 0.5) is 0 Å². The minimum atomic E-state index is -0.902.